The third kappa shape index (κ3) is 2.45. The van der Waals surface area contributed by atoms with Gasteiger partial charge in [-0.3, -0.25) is 5.01 Å². The molecule has 3 heterocycles. The summed E-state index contributed by atoms with van der Waals surface area (Å²) in [7, 11) is 0. The molecule has 4 aliphatic rings. The normalized spacial score (nSPS) is 17.7. The number of piperazine rings is 1. The van der Waals surface area contributed by atoms with Gasteiger partial charge in [-0.15, -0.1) is 16.4 Å². The van der Waals surface area contributed by atoms with E-state index in [0.717, 1.165) is 55.4 Å². The van der Waals surface area contributed by atoms with Crippen LogP contribution in [0.4, 0.5) is 0 Å². The molecule has 1 fully saturated rings. The number of fused-ring (bicyclic) bond motifs is 3. The average molecular weight is 369 g/mol. The van der Waals surface area contributed by atoms with Crippen LogP contribution in [0.5, 0.6) is 0 Å². The Morgan fingerprint density at radius 3 is 2.58 bits per heavy atom. The standard InChI is InChI=1S/C19H24N6S/c1-12-13(2)26-19(23-12)16-14-5-3-4-6-15(14)18-17(16)21-11-22-25(18)24-9-7-20-8-10-24/h11,20H,3-10H2,1-2H3. The van der Waals surface area contributed by atoms with Crippen LogP contribution >= 0.6 is 11.3 Å². The number of rotatable bonds is 2. The van der Waals surface area contributed by atoms with Crippen molar-refractivity contribution in [2.75, 3.05) is 31.2 Å². The molecule has 1 saturated heterocycles. The maximum Gasteiger partial charge on any atom is 0.138 e. The lowest BCUT2D eigenvalue weighted by atomic mass is 9.93. The lowest BCUT2D eigenvalue weighted by molar-refractivity contribution is 0.454. The van der Waals surface area contributed by atoms with Crippen LogP contribution in [0.2, 0.25) is 0 Å². The van der Waals surface area contributed by atoms with E-state index < -0.39 is 0 Å². The van der Waals surface area contributed by atoms with Gasteiger partial charge in [0, 0.05) is 36.6 Å². The largest absolute Gasteiger partial charge is 0.313 e. The molecule has 0 atom stereocenters. The Balaban J connectivity index is 1.73. The van der Waals surface area contributed by atoms with Gasteiger partial charge in [-0.05, 0) is 50.7 Å². The summed E-state index contributed by atoms with van der Waals surface area (Å²) in [5.74, 6) is 0. The van der Waals surface area contributed by atoms with E-state index in [1.165, 1.54) is 40.1 Å². The summed E-state index contributed by atoms with van der Waals surface area (Å²) in [6, 6.07) is 0. The predicted octanol–water partition coefficient (Wildman–Crippen LogP) is 2.54. The second-order valence-electron chi connectivity index (χ2n) is 7.25. The third-order valence-corrected chi connectivity index (χ3v) is 6.76. The number of aryl methyl sites for hydroxylation is 2. The Labute approximate surface area is 157 Å². The lowest BCUT2D eigenvalue weighted by Crippen LogP contribution is -2.50. The summed E-state index contributed by atoms with van der Waals surface area (Å²) in [5.41, 5.74) is 7.61. The van der Waals surface area contributed by atoms with Crippen molar-refractivity contribution in [3.63, 3.8) is 0 Å². The van der Waals surface area contributed by atoms with E-state index in [9.17, 15) is 0 Å². The van der Waals surface area contributed by atoms with Crippen LogP contribution < -0.4 is 10.3 Å². The van der Waals surface area contributed by atoms with E-state index in [1.807, 2.05) is 0 Å². The van der Waals surface area contributed by atoms with Crippen LogP contribution in [0.1, 0.15) is 34.5 Å². The molecule has 136 valence electrons. The first-order valence-electron chi connectivity index (χ1n) is 9.52. The average Bonchev–Trinajstić information content (AvgIpc) is 3.19. The molecule has 0 radical (unpaired) electrons. The van der Waals surface area contributed by atoms with Crippen molar-refractivity contribution >= 4 is 11.3 Å². The summed E-state index contributed by atoms with van der Waals surface area (Å²) in [4.78, 5) is 13.1. The van der Waals surface area contributed by atoms with E-state index in [-0.39, 0.29) is 0 Å². The molecule has 1 N–H and O–H groups in total. The van der Waals surface area contributed by atoms with Gasteiger partial charge in [0.2, 0.25) is 0 Å². The Kier molecular flexibility index (Phi) is 3.94. The molecule has 0 bridgehead atoms. The minimum absolute atomic E-state index is 0.974. The van der Waals surface area contributed by atoms with Gasteiger partial charge in [0.25, 0.3) is 0 Å². The minimum atomic E-state index is 0.974. The molecule has 0 spiro atoms. The maximum atomic E-state index is 4.88. The van der Waals surface area contributed by atoms with Gasteiger partial charge in [0.05, 0.1) is 5.69 Å². The van der Waals surface area contributed by atoms with E-state index in [0.29, 0.717) is 0 Å². The molecule has 2 aliphatic heterocycles. The highest BCUT2D eigenvalue weighted by Crippen LogP contribution is 2.46. The van der Waals surface area contributed by atoms with Gasteiger partial charge in [-0.1, -0.05) is 0 Å². The molecule has 1 aromatic rings. The molecular weight excluding hydrogens is 344 g/mol. The monoisotopic (exact) mass is 368 g/mol. The second kappa shape index (κ2) is 6.32. The van der Waals surface area contributed by atoms with Gasteiger partial charge < -0.3 is 5.32 Å². The van der Waals surface area contributed by atoms with Crippen molar-refractivity contribution in [2.45, 2.75) is 39.5 Å². The zero-order chi connectivity index (χ0) is 17.7. The van der Waals surface area contributed by atoms with Crippen molar-refractivity contribution in [2.24, 2.45) is 0 Å². The first-order valence-corrected chi connectivity index (χ1v) is 10.3. The van der Waals surface area contributed by atoms with E-state index in [1.54, 1.807) is 17.7 Å². The maximum absolute atomic E-state index is 4.88. The summed E-state index contributed by atoms with van der Waals surface area (Å²) >= 11 is 1.80. The van der Waals surface area contributed by atoms with Crippen molar-refractivity contribution in [1.82, 2.24) is 25.2 Å². The Morgan fingerprint density at radius 2 is 1.85 bits per heavy atom. The topological polar surface area (TPSA) is 58.9 Å². The number of nitrogens with zero attached hydrogens (tertiary/aromatic N) is 5. The summed E-state index contributed by atoms with van der Waals surface area (Å²) < 4.78 is 0. The first kappa shape index (κ1) is 16.2. The molecule has 26 heavy (non-hydrogen) atoms. The summed E-state index contributed by atoms with van der Waals surface area (Å²) in [6.07, 6.45) is 6.46. The molecule has 1 aromatic heterocycles. The van der Waals surface area contributed by atoms with Gasteiger partial charge in [-0.2, -0.15) is 4.79 Å². The highest BCUT2D eigenvalue weighted by atomic mass is 32.1. The van der Waals surface area contributed by atoms with E-state index >= 15 is 0 Å². The van der Waals surface area contributed by atoms with E-state index in [4.69, 9.17) is 9.97 Å². The predicted molar refractivity (Wildman–Crippen MR) is 105 cm³/mol. The van der Waals surface area contributed by atoms with Gasteiger partial charge in [0.1, 0.15) is 22.7 Å². The molecule has 0 saturated carbocycles. The summed E-state index contributed by atoms with van der Waals surface area (Å²) in [5, 5.41) is 11.6. The van der Waals surface area contributed by atoms with Gasteiger partial charge in [0.15, 0.2) is 0 Å². The SMILES string of the molecule is Cc1nc(-c2c3ncnn(N4CCNCC4)c-3c3c2CCCC3)sc1C. The zero-order valence-corrected chi connectivity index (χ0v) is 16.2. The van der Waals surface area contributed by atoms with Crippen LogP contribution in [0, 0.1) is 13.8 Å². The Morgan fingerprint density at radius 1 is 1.08 bits per heavy atom. The fourth-order valence-electron chi connectivity index (χ4n) is 4.25. The third-order valence-electron chi connectivity index (χ3n) is 5.67. The fraction of sp³-hybridized carbons (Fsp3) is 0.526. The van der Waals surface area contributed by atoms with Crippen molar-refractivity contribution in [3.8, 4) is 22.0 Å². The van der Waals surface area contributed by atoms with Crippen LogP contribution in [-0.4, -0.2) is 46.0 Å². The number of aromatic nitrogens is 4. The van der Waals surface area contributed by atoms with Gasteiger partial charge >= 0.3 is 0 Å². The number of hydrogen-bond donors (Lipinski definition) is 1. The van der Waals surface area contributed by atoms with Crippen LogP contribution in [-0.2, 0) is 12.8 Å². The Bertz CT molecular complexity index is 901. The van der Waals surface area contributed by atoms with Crippen molar-refractivity contribution < 1.29 is 0 Å². The first-order chi connectivity index (χ1) is 12.7. The summed E-state index contributed by atoms with van der Waals surface area (Å²) in [6.45, 7) is 8.20. The second-order valence-corrected chi connectivity index (χ2v) is 8.45. The lowest BCUT2D eigenvalue weighted by Gasteiger charge is -2.32. The molecule has 7 heteroatoms. The highest BCUT2D eigenvalue weighted by molar-refractivity contribution is 7.15. The number of thiazole rings is 1. The quantitative estimate of drug-likeness (QED) is 0.753. The molecular formula is C19H24N6S. The zero-order valence-electron chi connectivity index (χ0n) is 15.4. The molecule has 2 aliphatic carbocycles. The number of hydrogen-bond acceptors (Lipinski definition) is 6. The van der Waals surface area contributed by atoms with Crippen molar-refractivity contribution in [3.05, 3.63) is 28.0 Å². The highest BCUT2D eigenvalue weighted by Gasteiger charge is 2.32. The van der Waals surface area contributed by atoms with Gasteiger partial charge in [-0.25, -0.2) is 9.97 Å². The molecule has 0 aromatic carbocycles. The molecule has 5 rings (SSSR count). The number of nitrogens with one attached hydrogen (secondary N) is 1. The Hall–Kier alpha value is -1.99. The van der Waals surface area contributed by atoms with Crippen LogP contribution in [0.25, 0.3) is 22.0 Å². The molecule has 0 amide bonds. The molecule has 6 nitrogen and oxygen atoms in total. The minimum Gasteiger partial charge on any atom is -0.313 e. The van der Waals surface area contributed by atoms with Crippen molar-refractivity contribution in [1.29, 1.82) is 0 Å². The molecule has 0 unspecified atom stereocenters. The van der Waals surface area contributed by atoms with Crippen LogP contribution in [0.3, 0.4) is 0 Å². The van der Waals surface area contributed by atoms with Crippen LogP contribution in [0.15, 0.2) is 6.33 Å². The fourth-order valence-corrected chi connectivity index (χ4v) is 5.23. The van der Waals surface area contributed by atoms with E-state index in [2.05, 4.69) is 34.1 Å². The smallest absolute Gasteiger partial charge is 0.138 e.